The Morgan fingerprint density at radius 3 is 2.67 bits per heavy atom. The highest BCUT2D eigenvalue weighted by Crippen LogP contribution is 2.37. The lowest BCUT2D eigenvalue weighted by Crippen LogP contribution is -2.36. The van der Waals surface area contributed by atoms with E-state index in [1.165, 1.54) is 12.4 Å². The number of methoxy groups -OCH3 is 1. The van der Waals surface area contributed by atoms with Crippen molar-refractivity contribution < 1.29 is 9.13 Å². The second kappa shape index (κ2) is 8.92. The average Bonchev–Trinajstić information content (AvgIpc) is 3.23. The van der Waals surface area contributed by atoms with Gasteiger partial charge in [-0.1, -0.05) is 0 Å². The topological polar surface area (TPSA) is 98.1 Å². The standard InChI is InChI=1S/C21H26FN7O/c1-29-5-3-13(4-6-29)15-8-19(30-2)16(7-17(15)22)18-9-20(28-27-18)26-21-12-24-14(10-23)11-25-21/h7-8,11-13,18,20,27-28H,3-6,9H2,1-2H3,(H,25,26). The Bertz CT molecular complexity index is 922. The molecule has 1 aromatic heterocycles. The predicted octanol–water partition coefficient (Wildman–Crippen LogP) is 2.28. The summed E-state index contributed by atoms with van der Waals surface area (Å²) in [6, 6.07) is 5.30. The van der Waals surface area contributed by atoms with Crippen molar-refractivity contribution in [1.29, 1.82) is 5.26 Å². The first kappa shape index (κ1) is 20.5. The van der Waals surface area contributed by atoms with E-state index in [2.05, 4.69) is 38.1 Å². The summed E-state index contributed by atoms with van der Waals surface area (Å²) in [4.78, 5) is 10.5. The fourth-order valence-electron chi connectivity index (χ4n) is 4.16. The number of likely N-dealkylation sites (tertiary alicyclic amines) is 1. The van der Waals surface area contributed by atoms with Gasteiger partial charge in [0.05, 0.1) is 31.7 Å². The molecular formula is C21H26FN7O. The Labute approximate surface area is 175 Å². The predicted molar refractivity (Wildman–Crippen MR) is 110 cm³/mol. The van der Waals surface area contributed by atoms with Crippen LogP contribution in [-0.4, -0.2) is 48.3 Å². The van der Waals surface area contributed by atoms with E-state index >= 15 is 4.39 Å². The van der Waals surface area contributed by atoms with Crippen molar-refractivity contribution in [3.8, 4) is 11.8 Å². The van der Waals surface area contributed by atoms with E-state index in [1.54, 1.807) is 13.2 Å². The minimum absolute atomic E-state index is 0.121. The van der Waals surface area contributed by atoms with Crippen molar-refractivity contribution in [2.45, 2.75) is 37.4 Å². The summed E-state index contributed by atoms with van der Waals surface area (Å²) in [6.07, 6.45) is 5.38. The highest BCUT2D eigenvalue weighted by Gasteiger charge is 2.30. The molecule has 0 bridgehead atoms. The van der Waals surface area contributed by atoms with Crippen molar-refractivity contribution in [3.63, 3.8) is 0 Å². The number of hydrogen-bond donors (Lipinski definition) is 3. The first-order valence-corrected chi connectivity index (χ1v) is 10.1. The van der Waals surface area contributed by atoms with Gasteiger partial charge in [-0.25, -0.2) is 25.2 Å². The van der Waals surface area contributed by atoms with E-state index in [9.17, 15) is 0 Å². The van der Waals surface area contributed by atoms with Crippen LogP contribution in [0.3, 0.4) is 0 Å². The highest BCUT2D eigenvalue weighted by molar-refractivity contribution is 5.43. The number of halogens is 1. The number of anilines is 1. The van der Waals surface area contributed by atoms with Gasteiger partial charge in [0, 0.05) is 12.0 Å². The maximum atomic E-state index is 15.0. The smallest absolute Gasteiger partial charge is 0.158 e. The highest BCUT2D eigenvalue weighted by atomic mass is 19.1. The molecular weight excluding hydrogens is 385 g/mol. The number of ether oxygens (including phenoxy) is 1. The zero-order valence-electron chi connectivity index (χ0n) is 17.2. The Morgan fingerprint density at radius 2 is 2.00 bits per heavy atom. The van der Waals surface area contributed by atoms with Gasteiger partial charge in [0.1, 0.15) is 23.5 Å². The molecule has 0 amide bonds. The number of rotatable bonds is 5. The Hall–Kier alpha value is -2.80. The molecule has 0 radical (unpaired) electrons. The fourth-order valence-corrected chi connectivity index (χ4v) is 4.16. The van der Waals surface area contributed by atoms with Gasteiger partial charge in [-0.15, -0.1) is 0 Å². The van der Waals surface area contributed by atoms with E-state index in [-0.39, 0.29) is 29.6 Å². The number of nitriles is 1. The summed E-state index contributed by atoms with van der Waals surface area (Å²) >= 11 is 0. The number of nitrogens with zero attached hydrogens (tertiary/aromatic N) is 4. The summed E-state index contributed by atoms with van der Waals surface area (Å²) in [6.45, 7) is 1.96. The fraction of sp³-hybridized carbons (Fsp3) is 0.476. The Morgan fingerprint density at radius 1 is 1.20 bits per heavy atom. The second-order valence-electron chi connectivity index (χ2n) is 7.87. The summed E-state index contributed by atoms with van der Waals surface area (Å²) < 4.78 is 20.7. The van der Waals surface area contributed by atoms with Crippen LogP contribution in [0, 0.1) is 17.1 Å². The average molecular weight is 411 g/mol. The molecule has 30 heavy (non-hydrogen) atoms. The van der Waals surface area contributed by atoms with Crippen LogP contribution in [0.1, 0.15) is 48.0 Å². The van der Waals surface area contributed by atoms with Crippen molar-refractivity contribution in [1.82, 2.24) is 25.7 Å². The zero-order valence-corrected chi connectivity index (χ0v) is 17.2. The number of nitrogens with one attached hydrogen (secondary N) is 3. The third kappa shape index (κ3) is 4.36. The molecule has 2 unspecified atom stereocenters. The molecule has 2 saturated heterocycles. The SMILES string of the molecule is COc1cc(C2CCN(C)CC2)c(F)cc1C1CC(Nc2cnc(C#N)cn2)NN1. The number of hydrogen-bond acceptors (Lipinski definition) is 8. The maximum absolute atomic E-state index is 15.0. The summed E-state index contributed by atoms with van der Waals surface area (Å²) in [7, 11) is 3.72. The molecule has 0 aliphatic carbocycles. The third-order valence-electron chi connectivity index (χ3n) is 5.87. The van der Waals surface area contributed by atoms with Gasteiger partial charge in [0.15, 0.2) is 5.69 Å². The van der Waals surface area contributed by atoms with Crippen molar-refractivity contribution >= 4 is 5.82 Å². The molecule has 0 saturated carbocycles. The molecule has 8 nitrogen and oxygen atoms in total. The Kier molecular flexibility index (Phi) is 6.08. The third-order valence-corrected chi connectivity index (χ3v) is 5.87. The number of piperidine rings is 1. The molecule has 3 N–H and O–H groups in total. The first-order chi connectivity index (χ1) is 14.6. The molecule has 1 aromatic carbocycles. The van der Waals surface area contributed by atoms with E-state index in [0.29, 0.717) is 18.0 Å². The second-order valence-corrected chi connectivity index (χ2v) is 7.87. The molecule has 2 atom stereocenters. The van der Waals surface area contributed by atoms with Crippen LogP contribution in [0.4, 0.5) is 10.2 Å². The number of benzene rings is 1. The van der Waals surface area contributed by atoms with Gasteiger partial charge in [0.25, 0.3) is 0 Å². The number of aromatic nitrogens is 2. The van der Waals surface area contributed by atoms with Crippen LogP contribution in [-0.2, 0) is 0 Å². The molecule has 2 fully saturated rings. The van der Waals surface area contributed by atoms with Gasteiger partial charge >= 0.3 is 0 Å². The first-order valence-electron chi connectivity index (χ1n) is 10.1. The van der Waals surface area contributed by atoms with Crippen LogP contribution in [0.15, 0.2) is 24.5 Å². The van der Waals surface area contributed by atoms with Crippen LogP contribution >= 0.6 is 0 Å². The molecule has 2 aliphatic heterocycles. The van der Waals surface area contributed by atoms with Gasteiger partial charge < -0.3 is 15.0 Å². The monoisotopic (exact) mass is 411 g/mol. The lowest BCUT2D eigenvalue weighted by molar-refractivity contribution is 0.252. The molecule has 3 heterocycles. The summed E-state index contributed by atoms with van der Waals surface area (Å²) in [5.74, 6) is 1.31. The summed E-state index contributed by atoms with van der Waals surface area (Å²) in [5.41, 5.74) is 8.16. The zero-order chi connectivity index (χ0) is 21.1. The van der Waals surface area contributed by atoms with Crippen molar-refractivity contribution in [2.24, 2.45) is 0 Å². The van der Waals surface area contributed by atoms with Crippen molar-refractivity contribution in [2.75, 3.05) is 32.6 Å². The van der Waals surface area contributed by atoms with Crippen LogP contribution in [0.2, 0.25) is 0 Å². The minimum atomic E-state index is -0.170. The largest absolute Gasteiger partial charge is 0.496 e. The lowest BCUT2D eigenvalue weighted by Gasteiger charge is -2.30. The molecule has 2 aliphatic rings. The number of hydrazine groups is 1. The molecule has 2 aromatic rings. The van der Waals surface area contributed by atoms with Crippen LogP contribution in [0.5, 0.6) is 5.75 Å². The van der Waals surface area contributed by atoms with Gasteiger partial charge in [-0.2, -0.15) is 5.26 Å². The van der Waals surface area contributed by atoms with E-state index in [0.717, 1.165) is 37.1 Å². The van der Waals surface area contributed by atoms with Gasteiger partial charge in [-0.05, 0) is 56.6 Å². The molecule has 9 heteroatoms. The Balaban J connectivity index is 1.47. The van der Waals surface area contributed by atoms with Crippen LogP contribution in [0.25, 0.3) is 0 Å². The van der Waals surface area contributed by atoms with Gasteiger partial charge in [0.2, 0.25) is 0 Å². The molecule has 0 spiro atoms. The molecule has 158 valence electrons. The normalized spacial score (nSPS) is 22.6. The van der Waals surface area contributed by atoms with E-state index in [1.807, 2.05) is 12.1 Å². The van der Waals surface area contributed by atoms with E-state index < -0.39 is 0 Å². The summed E-state index contributed by atoms with van der Waals surface area (Å²) in [5, 5.41) is 12.0. The quantitative estimate of drug-likeness (QED) is 0.689. The molecule has 4 rings (SSSR count). The van der Waals surface area contributed by atoms with Gasteiger partial charge in [-0.3, -0.25) is 0 Å². The van der Waals surface area contributed by atoms with Crippen molar-refractivity contribution in [3.05, 3.63) is 47.2 Å². The van der Waals surface area contributed by atoms with Crippen LogP contribution < -0.4 is 20.9 Å². The lowest BCUT2D eigenvalue weighted by atomic mass is 9.87. The van der Waals surface area contributed by atoms with E-state index in [4.69, 9.17) is 10.00 Å². The maximum Gasteiger partial charge on any atom is 0.158 e. The minimum Gasteiger partial charge on any atom is -0.496 e.